The van der Waals surface area contributed by atoms with Crippen LogP contribution in [0, 0.1) is 13.8 Å². The molecule has 0 spiro atoms. The number of thioether (sulfide) groups is 1. The lowest BCUT2D eigenvalue weighted by Gasteiger charge is -2.15. The zero-order valence-electron chi connectivity index (χ0n) is 19.2. The number of benzene rings is 2. The standard InChI is InChI=1S/C25H19Cl2N3O5S/c1-13-9-14(2)29-25(28-13)36-21-11-22(32)30(23(21)33)17-6-3-15(4-7-17)24(34)35-12-20(31)16-5-8-18(26)19(27)10-16/h3-10,21H,11-12H2,1-2H3. The number of rotatable bonds is 7. The summed E-state index contributed by atoms with van der Waals surface area (Å²) in [6.45, 7) is 3.19. The average molecular weight is 544 g/mol. The van der Waals surface area contributed by atoms with Crippen LogP contribution in [0.5, 0.6) is 0 Å². The van der Waals surface area contributed by atoms with Crippen molar-refractivity contribution in [1.82, 2.24) is 9.97 Å². The number of anilines is 1. The Labute approximate surface area is 221 Å². The first kappa shape index (κ1) is 25.8. The van der Waals surface area contributed by atoms with Crippen LogP contribution in [-0.4, -0.2) is 45.4 Å². The molecule has 1 fully saturated rings. The summed E-state index contributed by atoms with van der Waals surface area (Å²) in [7, 11) is 0. The minimum absolute atomic E-state index is 0.0144. The fourth-order valence-electron chi connectivity index (χ4n) is 3.55. The molecule has 8 nitrogen and oxygen atoms in total. The third kappa shape index (κ3) is 5.75. The van der Waals surface area contributed by atoms with Gasteiger partial charge in [0.25, 0.3) is 0 Å². The molecular formula is C25H19Cl2N3O5S. The summed E-state index contributed by atoms with van der Waals surface area (Å²) in [6, 6.07) is 12.0. The molecule has 3 aromatic rings. The molecule has 11 heteroatoms. The minimum atomic E-state index is -0.727. The molecule has 4 rings (SSSR count). The van der Waals surface area contributed by atoms with Crippen LogP contribution in [0.3, 0.4) is 0 Å². The van der Waals surface area contributed by atoms with E-state index in [1.54, 1.807) is 0 Å². The normalized spacial score (nSPS) is 15.3. The van der Waals surface area contributed by atoms with Crippen molar-refractivity contribution < 1.29 is 23.9 Å². The van der Waals surface area contributed by atoms with E-state index in [-0.39, 0.29) is 34.4 Å². The summed E-state index contributed by atoms with van der Waals surface area (Å²) in [5.74, 6) is -1.91. The van der Waals surface area contributed by atoms with E-state index in [1.165, 1.54) is 42.5 Å². The average Bonchev–Trinajstić information content (AvgIpc) is 3.10. The number of Topliss-reactive ketones (excluding diaryl/α,β-unsaturated/α-hetero) is 1. The van der Waals surface area contributed by atoms with Crippen molar-refractivity contribution in [1.29, 1.82) is 0 Å². The van der Waals surface area contributed by atoms with E-state index in [1.807, 2.05) is 19.9 Å². The van der Waals surface area contributed by atoms with Crippen LogP contribution >= 0.6 is 35.0 Å². The largest absolute Gasteiger partial charge is 0.454 e. The number of carbonyl (C=O) groups is 4. The monoisotopic (exact) mass is 543 g/mol. The Morgan fingerprint density at radius 2 is 1.61 bits per heavy atom. The SMILES string of the molecule is Cc1cc(C)nc(SC2CC(=O)N(c3ccc(C(=O)OCC(=O)c4ccc(Cl)c(Cl)c4)cc3)C2=O)n1. The molecule has 2 amide bonds. The molecule has 1 aliphatic rings. The number of ether oxygens (including phenoxy) is 1. The van der Waals surface area contributed by atoms with Crippen LogP contribution < -0.4 is 4.90 Å². The van der Waals surface area contributed by atoms with Gasteiger partial charge in [0.1, 0.15) is 5.25 Å². The van der Waals surface area contributed by atoms with Gasteiger partial charge in [-0.1, -0.05) is 35.0 Å². The molecule has 0 N–H and O–H groups in total. The molecule has 36 heavy (non-hydrogen) atoms. The number of halogens is 2. The Bertz CT molecular complexity index is 1360. The third-order valence-electron chi connectivity index (χ3n) is 5.25. The van der Waals surface area contributed by atoms with Gasteiger partial charge in [-0.2, -0.15) is 0 Å². The zero-order chi connectivity index (χ0) is 26.0. The number of aromatic nitrogens is 2. The van der Waals surface area contributed by atoms with Gasteiger partial charge in [-0.05, 0) is 62.4 Å². The Hall–Kier alpha value is -3.27. The van der Waals surface area contributed by atoms with Crippen LogP contribution in [0.1, 0.15) is 38.5 Å². The highest BCUT2D eigenvalue weighted by Crippen LogP contribution is 2.33. The number of amides is 2. The zero-order valence-corrected chi connectivity index (χ0v) is 21.5. The smallest absolute Gasteiger partial charge is 0.338 e. The number of nitrogens with zero attached hydrogens (tertiary/aromatic N) is 3. The maximum Gasteiger partial charge on any atom is 0.338 e. The molecule has 1 aromatic heterocycles. The first-order chi connectivity index (χ1) is 17.1. The Balaban J connectivity index is 1.39. The lowest BCUT2D eigenvalue weighted by atomic mass is 10.1. The highest BCUT2D eigenvalue weighted by molar-refractivity contribution is 8.00. The maximum absolute atomic E-state index is 12.9. The quantitative estimate of drug-likeness (QED) is 0.180. The maximum atomic E-state index is 12.9. The van der Waals surface area contributed by atoms with Gasteiger partial charge in [0.2, 0.25) is 11.8 Å². The van der Waals surface area contributed by atoms with Crippen LogP contribution in [0.2, 0.25) is 10.0 Å². The summed E-state index contributed by atoms with van der Waals surface area (Å²) < 4.78 is 5.10. The fourth-order valence-corrected chi connectivity index (χ4v) is 4.93. The number of aryl methyl sites for hydroxylation is 2. The van der Waals surface area contributed by atoms with E-state index >= 15 is 0 Å². The van der Waals surface area contributed by atoms with Gasteiger partial charge in [-0.25, -0.2) is 19.7 Å². The van der Waals surface area contributed by atoms with Crippen molar-refractivity contribution in [3.63, 3.8) is 0 Å². The predicted molar refractivity (Wildman–Crippen MR) is 136 cm³/mol. The van der Waals surface area contributed by atoms with Crippen LogP contribution in [0.15, 0.2) is 53.7 Å². The van der Waals surface area contributed by atoms with Crippen LogP contribution in [-0.2, 0) is 14.3 Å². The number of esters is 1. The Morgan fingerprint density at radius 3 is 2.25 bits per heavy atom. The minimum Gasteiger partial charge on any atom is -0.454 e. The van der Waals surface area contributed by atoms with Gasteiger partial charge in [0.05, 0.1) is 21.3 Å². The summed E-state index contributed by atoms with van der Waals surface area (Å²) in [6.07, 6.45) is 0.0144. The first-order valence-corrected chi connectivity index (χ1v) is 12.4. The molecule has 0 radical (unpaired) electrons. The highest BCUT2D eigenvalue weighted by atomic mass is 35.5. The number of hydrogen-bond acceptors (Lipinski definition) is 8. The second-order valence-electron chi connectivity index (χ2n) is 7.99. The molecular weight excluding hydrogens is 525 g/mol. The fraction of sp³-hybridized carbons (Fsp3) is 0.200. The van der Waals surface area contributed by atoms with Gasteiger partial charge >= 0.3 is 5.97 Å². The highest BCUT2D eigenvalue weighted by Gasteiger charge is 2.40. The molecule has 1 atom stereocenters. The number of carbonyl (C=O) groups excluding carboxylic acids is 4. The Kier molecular flexibility index (Phi) is 7.73. The molecule has 0 saturated carbocycles. The molecule has 0 bridgehead atoms. The molecule has 1 saturated heterocycles. The van der Waals surface area contributed by atoms with Crippen LogP contribution in [0.25, 0.3) is 0 Å². The Morgan fingerprint density at radius 1 is 0.972 bits per heavy atom. The second kappa shape index (κ2) is 10.8. The third-order valence-corrected chi connectivity index (χ3v) is 7.04. The molecule has 184 valence electrons. The number of ketones is 1. The van der Waals surface area contributed by atoms with Gasteiger partial charge < -0.3 is 4.74 Å². The molecule has 2 heterocycles. The van der Waals surface area contributed by atoms with E-state index in [0.717, 1.165) is 28.0 Å². The lowest BCUT2D eigenvalue weighted by molar-refractivity contribution is -0.121. The van der Waals surface area contributed by atoms with Crippen molar-refractivity contribution in [2.75, 3.05) is 11.5 Å². The number of hydrogen-bond donors (Lipinski definition) is 0. The van der Waals surface area contributed by atoms with Crippen molar-refractivity contribution in [2.45, 2.75) is 30.7 Å². The van der Waals surface area contributed by atoms with Crippen molar-refractivity contribution in [3.8, 4) is 0 Å². The summed E-state index contributed by atoms with van der Waals surface area (Å²) in [5.41, 5.74) is 2.31. The van der Waals surface area contributed by atoms with Gasteiger partial charge in [-0.3, -0.25) is 14.4 Å². The molecule has 2 aromatic carbocycles. The second-order valence-corrected chi connectivity index (χ2v) is 9.97. The van der Waals surface area contributed by atoms with Crippen molar-refractivity contribution in [3.05, 3.63) is 81.1 Å². The summed E-state index contributed by atoms with van der Waals surface area (Å²) in [5, 5.41) is 0.325. The molecule has 1 aliphatic heterocycles. The number of imide groups is 1. The first-order valence-electron chi connectivity index (χ1n) is 10.7. The van der Waals surface area contributed by atoms with E-state index in [9.17, 15) is 19.2 Å². The summed E-state index contributed by atoms with van der Waals surface area (Å²) >= 11 is 12.9. The van der Waals surface area contributed by atoms with E-state index in [0.29, 0.717) is 15.9 Å². The summed E-state index contributed by atoms with van der Waals surface area (Å²) in [4.78, 5) is 59.9. The van der Waals surface area contributed by atoms with Crippen LogP contribution in [0.4, 0.5) is 5.69 Å². The molecule has 1 unspecified atom stereocenters. The van der Waals surface area contributed by atoms with Gasteiger partial charge in [0, 0.05) is 23.4 Å². The lowest BCUT2D eigenvalue weighted by Crippen LogP contribution is -2.31. The van der Waals surface area contributed by atoms with Crippen molar-refractivity contribution >= 4 is 64.2 Å². The van der Waals surface area contributed by atoms with Gasteiger partial charge in [0.15, 0.2) is 17.5 Å². The van der Waals surface area contributed by atoms with Crippen molar-refractivity contribution in [2.24, 2.45) is 0 Å². The predicted octanol–water partition coefficient (Wildman–Crippen LogP) is 4.86. The topological polar surface area (TPSA) is 107 Å². The van der Waals surface area contributed by atoms with E-state index in [4.69, 9.17) is 27.9 Å². The van der Waals surface area contributed by atoms with E-state index in [2.05, 4.69) is 9.97 Å². The van der Waals surface area contributed by atoms with Gasteiger partial charge in [-0.15, -0.1) is 0 Å². The van der Waals surface area contributed by atoms with E-state index < -0.39 is 23.6 Å². The molecule has 0 aliphatic carbocycles.